The SMILES string of the molecule is C=CC(=O)Nc1cc(Nc2ncc(Cl)c(Nc3ccccc3C(C)C)n2)c(OC)cc1C. The molecule has 1 amide bonds. The quantitative estimate of drug-likeness (QED) is 0.354. The predicted octanol–water partition coefficient (Wildman–Crippen LogP) is 6.18. The molecule has 166 valence electrons. The van der Waals surface area contributed by atoms with Crippen molar-refractivity contribution in [2.45, 2.75) is 26.7 Å². The molecule has 0 unspecified atom stereocenters. The fourth-order valence-corrected chi connectivity index (χ4v) is 3.28. The van der Waals surface area contributed by atoms with Crippen molar-refractivity contribution in [3.63, 3.8) is 0 Å². The molecule has 8 heteroatoms. The van der Waals surface area contributed by atoms with Crippen LogP contribution in [-0.4, -0.2) is 23.0 Å². The molecule has 0 aliphatic rings. The van der Waals surface area contributed by atoms with Crippen LogP contribution in [0.3, 0.4) is 0 Å². The number of carbonyl (C=O) groups is 1. The normalized spacial score (nSPS) is 10.6. The number of hydrogen-bond acceptors (Lipinski definition) is 6. The van der Waals surface area contributed by atoms with Gasteiger partial charge in [0.1, 0.15) is 10.8 Å². The van der Waals surface area contributed by atoms with Gasteiger partial charge in [0.25, 0.3) is 0 Å². The Morgan fingerprint density at radius 2 is 1.91 bits per heavy atom. The lowest BCUT2D eigenvalue weighted by atomic mass is 10.0. The zero-order valence-electron chi connectivity index (χ0n) is 18.5. The van der Waals surface area contributed by atoms with Crippen molar-refractivity contribution >= 4 is 46.3 Å². The van der Waals surface area contributed by atoms with Crippen molar-refractivity contribution in [1.82, 2.24) is 9.97 Å². The van der Waals surface area contributed by atoms with Crippen molar-refractivity contribution in [3.05, 3.63) is 71.4 Å². The number of aromatic nitrogens is 2. The van der Waals surface area contributed by atoms with Gasteiger partial charge in [-0.2, -0.15) is 4.98 Å². The van der Waals surface area contributed by atoms with Crippen molar-refractivity contribution in [2.24, 2.45) is 0 Å². The van der Waals surface area contributed by atoms with E-state index in [1.807, 2.05) is 31.2 Å². The highest BCUT2D eigenvalue weighted by Crippen LogP contribution is 2.34. The van der Waals surface area contributed by atoms with Crippen molar-refractivity contribution < 1.29 is 9.53 Å². The largest absolute Gasteiger partial charge is 0.495 e. The second-order valence-corrected chi connectivity index (χ2v) is 7.85. The first-order valence-electron chi connectivity index (χ1n) is 10.1. The monoisotopic (exact) mass is 451 g/mol. The molecule has 7 nitrogen and oxygen atoms in total. The maximum absolute atomic E-state index is 11.8. The van der Waals surface area contributed by atoms with E-state index in [2.05, 4.69) is 52.4 Å². The van der Waals surface area contributed by atoms with Crippen LogP contribution in [0.25, 0.3) is 0 Å². The smallest absolute Gasteiger partial charge is 0.247 e. The van der Waals surface area contributed by atoms with E-state index in [0.717, 1.165) is 16.8 Å². The number of benzene rings is 2. The number of hydrogen-bond donors (Lipinski definition) is 3. The summed E-state index contributed by atoms with van der Waals surface area (Å²) in [6, 6.07) is 11.6. The second kappa shape index (κ2) is 10.2. The molecule has 32 heavy (non-hydrogen) atoms. The minimum absolute atomic E-state index is 0.303. The molecule has 0 saturated heterocycles. The summed E-state index contributed by atoms with van der Waals surface area (Å²) < 4.78 is 5.48. The average Bonchev–Trinajstić information content (AvgIpc) is 2.78. The molecule has 0 aliphatic heterocycles. The van der Waals surface area contributed by atoms with E-state index in [1.54, 1.807) is 13.2 Å². The van der Waals surface area contributed by atoms with E-state index >= 15 is 0 Å². The van der Waals surface area contributed by atoms with Crippen LogP contribution in [0.1, 0.15) is 30.9 Å². The number of ether oxygens (including phenoxy) is 1. The van der Waals surface area contributed by atoms with Gasteiger partial charge in [-0.25, -0.2) is 4.98 Å². The molecule has 0 radical (unpaired) electrons. The number of nitrogens with one attached hydrogen (secondary N) is 3. The number of halogens is 1. The number of para-hydroxylation sites is 1. The lowest BCUT2D eigenvalue weighted by Crippen LogP contribution is -2.10. The predicted molar refractivity (Wildman–Crippen MR) is 131 cm³/mol. The summed E-state index contributed by atoms with van der Waals surface area (Å²) in [5.74, 6) is 1.41. The van der Waals surface area contributed by atoms with Gasteiger partial charge in [0, 0.05) is 11.4 Å². The Labute approximate surface area is 192 Å². The summed E-state index contributed by atoms with van der Waals surface area (Å²) in [5, 5.41) is 9.63. The van der Waals surface area contributed by atoms with Gasteiger partial charge in [-0.3, -0.25) is 4.79 Å². The van der Waals surface area contributed by atoms with Gasteiger partial charge in [0.2, 0.25) is 11.9 Å². The molecule has 1 heterocycles. The van der Waals surface area contributed by atoms with Crippen molar-refractivity contribution in [3.8, 4) is 5.75 Å². The number of anilines is 5. The number of amides is 1. The van der Waals surface area contributed by atoms with Crippen LogP contribution >= 0.6 is 11.6 Å². The van der Waals surface area contributed by atoms with Gasteiger partial charge in [0.15, 0.2) is 5.82 Å². The Balaban J connectivity index is 1.93. The highest BCUT2D eigenvalue weighted by molar-refractivity contribution is 6.32. The average molecular weight is 452 g/mol. The zero-order chi connectivity index (χ0) is 23.3. The highest BCUT2D eigenvalue weighted by Gasteiger charge is 2.14. The second-order valence-electron chi connectivity index (χ2n) is 7.44. The Morgan fingerprint density at radius 1 is 1.16 bits per heavy atom. The van der Waals surface area contributed by atoms with Crippen LogP contribution in [0, 0.1) is 6.92 Å². The van der Waals surface area contributed by atoms with E-state index in [4.69, 9.17) is 16.3 Å². The van der Waals surface area contributed by atoms with E-state index in [9.17, 15) is 4.79 Å². The first-order chi connectivity index (χ1) is 15.3. The van der Waals surface area contributed by atoms with Gasteiger partial charge in [-0.1, -0.05) is 50.2 Å². The minimum atomic E-state index is -0.303. The third-order valence-electron chi connectivity index (χ3n) is 4.82. The molecule has 0 atom stereocenters. The standard InChI is InChI=1S/C24H26ClN5O2/c1-6-22(31)27-19-12-20(21(32-5)11-15(19)4)29-24-26-13-17(25)23(30-24)28-18-10-8-7-9-16(18)14(2)3/h6-14H,1H2,2-5H3,(H,27,31)(H2,26,28,29,30). The van der Waals surface area contributed by atoms with Crippen LogP contribution in [0.15, 0.2) is 55.3 Å². The number of aryl methyl sites for hydroxylation is 1. The third kappa shape index (κ3) is 5.36. The first-order valence-corrected chi connectivity index (χ1v) is 10.5. The molecule has 0 bridgehead atoms. The molecule has 0 saturated carbocycles. The summed E-state index contributed by atoms with van der Waals surface area (Å²) in [6.45, 7) is 9.61. The molecule has 0 fully saturated rings. The molecule has 3 aromatic rings. The van der Waals surface area contributed by atoms with Crippen LogP contribution in [0.5, 0.6) is 5.75 Å². The van der Waals surface area contributed by atoms with E-state index in [1.165, 1.54) is 12.3 Å². The lowest BCUT2D eigenvalue weighted by molar-refractivity contribution is -0.111. The van der Waals surface area contributed by atoms with Crippen molar-refractivity contribution in [1.29, 1.82) is 0 Å². The first kappa shape index (κ1) is 23.1. The zero-order valence-corrected chi connectivity index (χ0v) is 19.2. The number of carbonyl (C=O) groups excluding carboxylic acids is 1. The molecule has 2 aromatic carbocycles. The minimum Gasteiger partial charge on any atom is -0.495 e. The Hall–Kier alpha value is -3.58. The van der Waals surface area contributed by atoms with E-state index in [0.29, 0.717) is 39.8 Å². The van der Waals surface area contributed by atoms with Crippen LogP contribution in [-0.2, 0) is 4.79 Å². The lowest BCUT2D eigenvalue weighted by Gasteiger charge is -2.17. The summed E-state index contributed by atoms with van der Waals surface area (Å²) in [5.41, 5.74) is 4.13. The topological polar surface area (TPSA) is 88.2 Å². The number of nitrogens with zero attached hydrogens (tertiary/aromatic N) is 2. The van der Waals surface area contributed by atoms with Crippen LogP contribution in [0.2, 0.25) is 5.02 Å². The summed E-state index contributed by atoms with van der Waals surface area (Å²) in [4.78, 5) is 20.6. The van der Waals surface area contributed by atoms with Gasteiger partial charge < -0.3 is 20.7 Å². The molecule has 3 N–H and O–H groups in total. The summed E-state index contributed by atoms with van der Waals surface area (Å²) in [6.07, 6.45) is 2.74. The third-order valence-corrected chi connectivity index (χ3v) is 5.09. The molecule has 1 aromatic heterocycles. The van der Waals surface area contributed by atoms with Gasteiger partial charge >= 0.3 is 0 Å². The molecule has 3 rings (SSSR count). The molecule has 0 aliphatic carbocycles. The van der Waals surface area contributed by atoms with E-state index < -0.39 is 0 Å². The van der Waals surface area contributed by atoms with Gasteiger partial charge in [-0.05, 0) is 48.2 Å². The molecule has 0 spiro atoms. The van der Waals surface area contributed by atoms with Crippen molar-refractivity contribution in [2.75, 3.05) is 23.1 Å². The van der Waals surface area contributed by atoms with Crippen LogP contribution < -0.4 is 20.7 Å². The fraction of sp³-hybridized carbons (Fsp3) is 0.208. The molecular formula is C24H26ClN5O2. The summed E-state index contributed by atoms with van der Waals surface area (Å²) in [7, 11) is 1.57. The van der Waals surface area contributed by atoms with Gasteiger partial charge in [0.05, 0.1) is 19.0 Å². The maximum Gasteiger partial charge on any atom is 0.247 e. The van der Waals surface area contributed by atoms with Gasteiger partial charge in [-0.15, -0.1) is 0 Å². The number of rotatable bonds is 8. The Morgan fingerprint density at radius 3 is 2.59 bits per heavy atom. The Kier molecular flexibility index (Phi) is 7.33. The Bertz CT molecular complexity index is 1150. The highest BCUT2D eigenvalue weighted by atomic mass is 35.5. The number of methoxy groups -OCH3 is 1. The van der Waals surface area contributed by atoms with Crippen LogP contribution in [0.4, 0.5) is 28.8 Å². The maximum atomic E-state index is 11.8. The fourth-order valence-electron chi connectivity index (χ4n) is 3.14. The summed E-state index contributed by atoms with van der Waals surface area (Å²) >= 11 is 6.36. The molecular weight excluding hydrogens is 426 g/mol. The van der Waals surface area contributed by atoms with E-state index in [-0.39, 0.29) is 5.91 Å².